The van der Waals surface area contributed by atoms with Crippen LogP contribution < -0.4 is 9.47 Å². The van der Waals surface area contributed by atoms with Gasteiger partial charge in [0.05, 0.1) is 6.61 Å². The molecule has 1 heterocycles. The smallest absolute Gasteiger partial charge is 0.341 e. The second kappa shape index (κ2) is 9.41. The standard InChI is InChI=1S/C21H24O9/c1-11-5-6-15(29-21-20(27)19(26)18(25)16(9-22)30-21)14(7-11)12-3-2-4-13(8-12)28-10-17(23)24/h2-8,16,18-22,25-27H,9-10H2,1H3,(H,23,24)/t16-,18-,19-,20+,21+/m1/s1. The molecule has 30 heavy (non-hydrogen) atoms. The topological polar surface area (TPSA) is 146 Å². The number of benzene rings is 2. The van der Waals surface area contributed by atoms with Gasteiger partial charge in [0.25, 0.3) is 0 Å². The van der Waals surface area contributed by atoms with Crippen molar-refractivity contribution < 1.29 is 44.5 Å². The number of aliphatic carboxylic acids is 1. The zero-order valence-electron chi connectivity index (χ0n) is 16.2. The fourth-order valence-electron chi connectivity index (χ4n) is 3.16. The second-order valence-electron chi connectivity index (χ2n) is 7.02. The molecule has 2 aromatic carbocycles. The van der Waals surface area contributed by atoms with Gasteiger partial charge >= 0.3 is 5.97 Å². The first-order valence-corrected chi connectivity index (χ1v) is 9.33. The van der Waals surface area contributed by atoms with Gasteiger partial charge in [0.1, 0.15) is 35.9 Å². The van der Waals surface area contributed by atoms with Gasteiger partial charge in [-0.25, -0.2) is 4.79 Å². The molecule has 2 aromatic rings. The van der Waals surface area contributed by atoms with E-state index in [4.69, 9.17) is 19.3 Å². The van der Waals surface area contributed by atoms with E-state index >= 15 is 0 Å². The molecule has 0 amide bonds. The molecule has 0 radical (unpaired) electrons. The van der Waals surface area contributed by atoms with Crippen molar-refractivity contribution in [1.29, 1.82) is 0 Å². The molecule has 1 aliphatic heterocycles. The summed E-state index contributed by atoms with van der Waals surface area (Å²) in [4.78, 5) is 10.7. The van der Waals surface area contributed by atoms with E-state index < -0.39 is 49.9 Å². The summed E-state index contributed by atoms with van der Waals surface area (Å²) in [6, 6.07) is 12.0. The fraction of sp³-hybridized carbons (Fsp3) is 0.381. The van der Waals surface area contributed by atoms with Gasteiger partial charge in [-0.15, -0.1) is 0 Å². The quantitative estimate of drug-likeness (QED) is 0.427. The number of carboxylic acids is 1. The monoisotopic (exact) mass is 420 g/mol. The van der Waals surface area contributed by atoms with Crippen LogP contribution in [0, 0.1) is 6.92 Å². The summed E-state index contributed by atoms with van der Waals surface area (Å²) in [5, 5.41) is 48.3. The van der Waals surface area contributed by atoms with Gasteiger partial charge in [-0.05, 0) is 36.8 Å². The maximum absolute atomic E-state index is 10.7. The largest absolute Gasteiger partial charge is 0.482 e. The molecule has 9 heteroatoms. The normalized spacial score (nSPS) is 26.2. The van der Waals surface area contributed by atoms with Gasteiger partial charge in [0.2, 0.25) is 6.29 Å². The molecule has 162 valence electrons. The molecule has 1 aliphatic rings. The number of hydrogen-bond donors (Lipinski definition) is 5. The molecule has 1 fully saturated rings. The Labute approximate surface area is 172 Å². The van der Waals surface area contributed by atoms with E-state index in [0.717, 1.165) is 5.56 Å². The summed E-state index contributed by atoms with van der Waals surface area (Å²) < 4.78 is 16.5. The molecule has 0 bridgehead atoms. The summed E-state index contributed by atoms with van der Waals surface area (Å²) in [5.74, 6) is -0.418. The minimum Gasteiger partial charge on any atom is -0.482 e. The second-order valence-corrected chi connectivity index (χ2v) is 7.02. The average molecular weight is 420 g/mol. The number of rotatable bonds is 7. The highest BCUT2D eigenvalue weighted by molar-refractivity contribution is 5.73. The third-order valence-corrected chi connectivity index (χ3v) is 4.73. The highest BCUT2D eigenvalue weighted by Gasteiger charge is 2.44. The van der Waals surface area contributed by atoms with Crippen LogP contribution in [-0.2, 0) is 9.53 Å². The third-order valence-electron chi connectivity index (χ3n) is 4.73. The van der Waals surface area contributed by atoms with E-state index in [9.17, 15) is 25.2 Å². The number of aryl methyl sites for hydroxylation is 1. The van der Waals surface area contributed by atoms with Crippen molar-refractivity contribution in [3.05, 3.63) is 48.0 Å². The lowest BCUT2D eigenvalue weighted by atomic mass is 9.99. The van der Waals surface area contributed by atoms with Crippen LogP contribution in [0.15, 0.2) is 42.5 Å². The molecule has 5 atom stereocenters. The minimum absolute atomic E-state index is 0.320. The highest BCUT2D eigenvalue weighted by atomic mass is 16.7. The van der Waals surface area contributed by atoms with E-state index in [0.29, 0.717) is 22.6 Å². The molecule has 0 spiro atoms. The van der Waals surface area contributed by atoms with E-state index in [1.807, 2.05) is 13.0 Å². The van der Waals surface area contributed by atoms with Crippen molar-refractivity contribution in [2.75, 3.05) is 13.2 Å². The molecule has 5 N–H and O–H groups in total. The molecule has 0 saturated carbocycles. The maximum Gasteiger partial charge on any atom is 0.341 e. The van der Waals surface area contributed by atoms with Gasteiger partial charge in [0.15, 0.2) is 6.61 Å². The lowest BCUT2D eigenvalue weighted by Crippen LogP contribution is -2.60. The Hall–Kier alpha value is -2.69. The van der Waals surface area contributed by atoms with Crippen LogP contribution in [-0.4, -0.2) is 75.4 Å². The first-order chi connectivity index (χ1) is 14.3. The number of carbonyl (C=O) groups is 1. The van der Waals surface area contributed by atoms with Crippen LogP contribution in [0.2, 0.25) is 0 Å². The summed E-state index contributed by atoms with van der Waals surface area (Å²) in [5.41, 5.74) is 2.21. The first kappa shape index (κ1) is 22.0. The van der Waals surface area contributed by atoms with E-state index in [1.165, 1.54) is 0 Å². The van der Waals surface area contributed by atoms with Crippen LogP contribution in [0.25, 0.3) is 11.1 Å². The van der Waals surface area contributed by atoms with Crippen molar-refractivity contribution in [2.45, 2.75) is 37.6 Å². The zero-order valence-corrected chi connectivity index (χ0v) is 16.2. The SMILES string of the molecule is Cc1ccc(O[C@H]2O[C@H](CO)[C@@H](O)[C@@H](O)[C@@H]2O)c(-c2cccc(OCC(=O)O)c2)c1. The van der Waals surface area contributed by atoms with Crippen molar-refractivity contribution in [1.82, 2.24) is 0 Å². The maximum atomic E-state index is 10.7. The predicted octanol–water partition coefficient (Wildman–Crippen LogP) is 0.304. The Balaban J connectivity index is 1.89. The molecule has 0 aliphatic carbocycles. The minimum atomic E-state index is -1.55. The lowest BCUT2D eigenvalue weighted by Gasteiger charge is -2.39. The number of ether oxygens (including phenoxy) is 3. The summed E-state index contributed by atoms with van der Waals surface area (Å²) >= 11 is 0. The van der Waals surface area contributed by atoms with E-state index in [1.54, 1.807) is 36.4 Å². The van der Waals surface area contributed by atoms with Crippen molar-refractivity contribution in [3.8, 4) is 22.6 Å². The van der Waals surface area contributed by atoms with Gasteiger partial charge in [0, 0.05) is 5.56 Å². The third kappa shape index (κ3) is 4.89. The molecule has 0 unspecified atom stereocenters. The lowest BCUT2D eigenvalue weighted by molar-refractivity contribution is -0.277. The molecule has 3 rings (SSSR count). The van der Waals surface area contributed by atoms with Crippen LogP contribution in [0.5, 0.6) is 11.5 Å². The van der Waals surface area contributed by atoms with E-state index in [-0.39, 0.29) is 0 Å². The van der Waals surface area contributed by atoms with Crippen LogP contribution in [0.1, 0.15) is 5.56 Å². The summed E-state index contributed by atoms with van der Waals surface area (Å²) in [7, 11) is 0. The number of aliphatic hydroxyl groups is 4. The molecular formula is C21H24O9. The molecule has 1 saturated heterocycles. The zero-order chi connectivity index (χ0) is 21.8. The highest BCUT2D eigenvalue weighted by Crippen LogP contribution is 2.35. The van der Waals surface area contributed by atoms with Crippen molar-refractivity contribution in [3.63, 3.8) is 0 Å². The van der Waals surface area contributed by atoms with Gasteiger partial charge in [-0.3, -0.25) is 0 Å². The van der Waals surface area contributed by atoms with Crippen LogP contribution >= 0.6 is 0 Å². The summed E-state index contributed by atoms with van der Waals surface area (Å²) in [6.45, 7) is 0.839. The number of aliphatic hydroxyl groups excluding tert-OH is 4. The molecule has 9 nitrogen and oxygen atoms in total. The van der Waals surface area contributed by atoms with Gasteiger partial charge in [-0.2, -0.15) is 0 Å². The van der Waals surface area contributed by atoms with E-state index in [2.05, 4.69) is 0 Å². The Morgan fingerprint density at radius 1 is 1.07 bits per heavy atom. The fourth-order valence-corrected chi connectivity index (χ4v) is 3.16. The van der Waals surface area contributed by atoms with Crippen molar-refractivity contribution in [2.24, 2.45) is 0 Å². The van der Waals surface area contributed by atoms with Crippen molar-refractivity contribution >= 4 is 5.97 Å². The Morgan fingerprint density at radius 3 is 2.53 bits per heavy atom. The van der Waals surface area contributed by atoms with Gasteiger partial charge < -0.3 is 39.7 Å². The average Bonchev–Trinajstić information content (AvgIpc) is 2.74. The molecular weight excluding hydrogens is 396 g/mol. The number of carboxylic acid groups (broad SMARTS) is 1. The van der Waals surface area contributed by atoms with Crippen LogP contribution in [0.3, 0.4) is 0 Å². The number of hydrogen-bond acceptors (Lipinski definition) is 8. The van der Waals surface area contributed by atoms with Crippen LogP contribution in [0.4, 0.5) is 0 Å². The summed E-state index contributed by atoms with van der Waals surface area (Å²) in [6.07, 6.45) is -6.99. The Bertz CT molecular complexity index is 883. The molecule has 0 aromatic heterocycles. The Kier molecular flexibility index (Phi) is 6.91. The Morgan fingerprint density at radius 2 is 1.83 bits per heavy atom. The van der Waals surface area contributed by atoms with Gasteiger partial charge in [-0.1, -0.05) is 23.8 Å². The first-order valence-electron chi connectivity index (χ1n) is 9.33. The predicted molar refractivity (Wildman–Crippen MR) is 104 cm³/mol.